The summed E-state index contributed by atoms with van der Waals surface area (Å²) in [6.07, 6.45) is 0. The number of methoxy groups -OCH3 is 1. The smallest absolute Gasteiger partial charge is 0.358 e. The van der Waals surface area contributed by atoms with Crippen LogP contribution in [0.2, 0.25) is 0 Å². The Hall–Kier alpha value is -1.47. The molecule has 1 rings (SSSR count). The predicted octanol–water partition coefficient (Wildman–Crippen LogP) is -0.249. The first-order valence-electron chi connectivity index (χ1n) is 4.85. The number of carbonyl (C=O) groups is 1. The van der Waals surface area contributed by atoms with Gasteiger partial charge in [0.25, 0.3) is 0 Å². The van der Waals surface area contributed by atoms with Gasteiger partial charge in [0.2, 0.25) is 0 Å². The topological polar surface area (TPSA) is 97.5 Å². The highest BCUT2D eigenvalue weighted by molar-refractivity contribution is 5.86. The number of hydrogen-bond donors (Lipinski definition) is 2. The first-order valence-corrected chi connectivity index (χ1v) is 4.85. The van der Waals surface area contributed by atoms with Gasteiger partial charge in [0.15, 0.2) is 5.69 Å². The lowest BCUT2D eigenvalue weighted by molar-refractivity contribution is 0.0684. The van der Waals surface area contributed by atoms with Gasteiger partial charge >= 0.3 is 5.97 Å². The minimum atomic E-state index is -1.13. The lowest BCUT2D eigenvalue weighted by Gasteiger charge is -2.10. The molecule has 0 fully saturated rings. The van der Waals surface area contributed by atoms with Crippen LogP contribution in [0.3, 0.4) is 0 Å². The lowest BCUT2D eigenvalue weighted by Crippen LogP contribution is -2.16. The maximum atomic E-state index is 10.8. The minimum Gasteiger partial charge on any atom is -0.476 e. The molecule has 1 aromatic rings. The Kier molecular flexibility index (Phi) is 4.39. The fraction of sp³-hybridized carbons (Fsp3) is 0.667. The molecule has 1 unspecified atom stereocenters. The van der Waals surface area contributed by atoms with E-state index >= 15 is 0 Å². The van der Waals surface area contributed by atoms with Gasteiger partial charge in [-0.05, 0) is 5.92 Å². The van der Waals surface area contributed by atoms with E-state index in [9.17, 15) is 4.79 Å². The molecule has 7 nitrogen and oxygen atoms in total. The Morgan fingerprint density at radius 1 is 1.62 bits per heavy atom. The molecule has 0 saturated heterocycles. The molecule has 0 aliphatic heterocycles. The van der Waals surface area contributed by atoms with Crippen LogP contribution in [0, 0.1) is 5.92 Å². The Morgan fingerprint density at radius 3 is 2.81 bits per heavy atom. The largest absolute Gasteiger partial charge is 0.476 e. The monoisotopic (exact) mass is 229 g/mol. The summed E-state index contributed by atoms with van der Waals surface area (Å²) >= 11 is 0. The zero-order valence-electron chi connectivity index (χ0n) is 9.25. The van der Waals surface area contributed by atoms with E-state index in [-0.39, 0.29) is 24.8 Å². The van der Waals surface area contributed by atoms with Crippen molar-refractivity contribution in [3.8, 4) is 0 Å². The molecule has 16 heavy (non-hydrogen) atoms. The van der Waals surface area contributed by atoms with Crippen LogP contribution in [0.5, 0.6) is 0 Å². The molecule has 0 aliphatic rings. The van der Waals surface area contributed by atoms with Crippen LogP contribution in [0.1, 0.15) is 23.1 Å². The molecule has 0 radical (unpaired) electrons. The van der Waals surface area contributed by atoms with E-state index in [1.54, 1.807) is 0 Å². The van der Waals surface area contributed by atoms with Gasteiger partial charge in [0, 0.05) is 20.3 Å². The van der Waals surface area contributed by atoms with Gasteiger partial charge in [0.1, 0.15) is 0 Å². The summed E-state index contributed by atoms with van der Waals surface area (Å²) in [5, 5.41) is 25.1. The fourth-order valence-electron chi connectivity index (χ4n) is 1.28. The molecule has 0 saturated carbocycles. The molecular formula is C9H15N3O4. The lowest BCUT2D eigenvalue weighted by atomic mass is 10.2. The molecule has 0 aromatic carbocycles. The summed E-state index contributed by atoms with van der Waals surface area (Å²) in [7, 11) is 1.47. The number of aliphatic hydroxyl groups is 1. The SMILES string of the molecule is COCc1c(C(=O)O)nnn1CC(C)CO. The maximum absolute atomic E-state index is 10.8. The van der Waals surface area contributed by atoms with E-state index in [1.807, 2.05) is 6.92 Å². The van der Waals surface area contributed by atoms with Crippen LogP contribution >= 0.6 is 0 Å². The predicted molar refractivity (Wildman–Crippen MR) is 53.9 cm³/mol. The number of carboxylic acid groups (broad SMARTS) is 1. The second-order valence-electron chi connectivity index (χ2n) is 3.59. The summed E-state index contributed by atoms with van der Waals surface area (Å²) in [5.41, 5.74) is 0.308. The van der Waals surface area contributed by atoms with Crippen LogP contribution < -0.4 is 0 Å². The van der Waals surface area contributed by atoms with E-state index in [1.165, 1.54) is 11.8 Å². The van der Waals surface area contributed by atoms with Crippen molar-refractivity contribution in [1.82, 2.24) is 15.0 Å². The van der Waals surface area contributed by atoms with Crippen molar-refractivity contribution >= 4 is 5.97 Å². The van der Waals surface area contributed by atoms with Gasteiger partial charge in [-0.25, -0.2) is 9.48 Å². The van der Waals surface area contributed by atoms with Gasteiger partial charge in [0.05, 0.1) is 12.3 Å². The van der Waals surface area contributed by atoms with Crippen molar-refractivity contribution in [1.29, 1.82) is 0 Å². The molecule has 0 spiro atoms. The average Bonchev–Trinajstić information content (AvgIpc) is 2.62. The highest BCUT2D eigenvalue weighted by atomic mass is 16.5. The molecule has 1 aromatic heterocycles. The summed E-state index contributed by atoms with van der Waals surface area (Å²) in [6, 6.07) is 0. The molecule has 0 amide bonds. The molecule has 1 heterocycles. The van der Waals surface area contributed by atoms with Crippen molar-refractivity contribution in [2.45, 2.75) is 20.1 Å². The third kappa shape index (κ3) is 2.77. The normalized spacial score (nSPS) is 12.7. The maximum Gasteiger partial charge on any atom is 0.358 e. The molecule has 1 atom stereocenters. The second kappa shape index (κ2) is 5.57. The van der Waals surface area contributed by atoms with E-state index in [4.69, 9.17) is 14.9 Å². The fourth-order valence-corrected chi connectivity index (χ4v) is 1.28. The first-order chi connectivity index (χ1) is 7.60. The molecule has 90 valence electrons. The van der Waals surface area contributed by atoms with Crippen molar-refractivity contribution < 1.29 is 19.7 Å². The van der Waals surface area contributed by atoms with Crippen molar-refractivity contribution in [3.63, 3.8) is 0 Å². The summed E-state index contributed by atoms with van der Waals surface area (Å²) in [6.45, 7) is 2.38. The third-order valence-corrected chi connectivity index (χ3v) is 2.12. The Balaban J connectivity index is 2.95. The van der Waals surface area contributed by atoms with Gasteiger partial charge in [-0.15, -0.1) is 5.10 Å². The quantitative estimate of drug-likeness (QED) is 0.698. The van der Waals surface area contributed by atoms with E-state index in [0.717, 1.165) is 0 Å². The average molecular weight is 229 g/mol. The number of aromatic carboxylic acids is 1. The number of hydrogen-bond acceptors (Lipinski definition) is 5. The summed E-state index contributed by atoms with van der Waals surface area (Å²) < 4.78 is 6.36. The van der Waals surface area contributed by atoms with Crippen LogP contribution in [-0.4, -0.2) is 44.9 Å². The third-order valence-electron chi connectivity index (χ3n) is 2.12. The van der Waals surface area contributed by atoms with Gasteiger partial charge < -0.3 is 14.9 Å². The number of carboxylic acids is 1. The molecule has 0 aliphatic carbocycles. The van der Waals surface area contributed by atoms with Crippen LogP contribution in [0.4, 0.5) is 0 Å². The minimum absolute atomic E-state index is 0.00862. The highest BCUT2D eigenvalue weighted by Crippen LogP contribution is 2.09. The molecule has 2 N–H and O–H groups in total. The van der Waals surface area contributed by atoms with Crippen molar-refractivity contribution in [2.75, 3.05) is 13.7 Å². The van der Waals surface area contributed by atoms with Gasteiger partial charge in [-0.1, -0.05) is 12.1 Å². The number of nitrogens with zero attached hydrogens (tertiary/aromatic N) is 3. The second-order valence-corrected chi connectivity index (χ2v) is 3.59. The van der Waals surface area contributed by atoms with Gasteiger partial charge in [-0.3, -0.25) is 0 Å². The van der Waals surface area contributed by atoms with Crippen LogP contribution in [0.15, 0.2) is 0 Å². The molecule has 0 bridgehead atoms. The highest BCUT2D eigenvalue weighted by Gasteiger charge is 2.19. The van der Waals surface area contributed by atoms with Crippen molar-refractivity contribution in [2.24, 2.45) is 5.92 Å². The van der Waals surface area contributed by atoms with E-state index in [2.05, 4.69) is 10.3 Å². The number of rotatable bonds is 6. The number of ether oxygens (including phenoxy) is 1. The summed E-state index contributed by atoms with van der Waals surface area (Å²) in [4.78, 5) is 10.8. The molecular weight excluding hydrogens is 214 g/mol. The standard InChI is InChI=1S/C9H15N3O4/c1-6(4-13)3-12-7(5-16-2)8(9(14)15)10-11-12/h6,13H,3-5H2,1-2H3,(H,14,15). The Labute approximate surface area is 92.6 Å². The number of aromatic nitrogens is 3. The summed E-state index contributed by atoms with van der Waals surface area (Å²) in [5.74, 6) is -1.14. The Morgan fingerprint density at radius 2 is 2.31 bits per heavy atom. The zero-order valence-corrected chi connectivity index (χ0v) is 9.25. The van der Waals surface area contributed by atoms with E-state index in [0.29, 0.717) is 12.2 Å². The molecule has 7 heteroatoms. The van der Waals surface area contributed by atoms with E-state index < -0.39 is 5.97 Å². The zero-order chi connectivity index (χ0) is 12.1. The van der Waals surface area contributed by atoms with Gasteiger partial charge in [-0.2, -0.15) is 0 Å². The Bertz CT molecular complexity index is 364. The number of aliphatic hydroxyl groups excluding tert-OH is 1. The van der Waals surface area contributed by atoms with Crippen molar-refractivity contribution in [3.05, 3.63) is 11.4 Å². The van der Waals surface area contributed by atoms with Crippen LogP contribution in [-0.2, 0) is 17.9 Å². The van der Waals surface area contributed by atoms with Crippen LogP contribution in [0.25, 0.3) is 0 Å². The first kappa shape index (κ1) is 12.6.